The third kappa shape index (κ3) is 3.09. The molecule has 0 bridgehead atoms. The molecule has 26 heavy (non-hydrogen) atoms. The molecule has 0 spiro atoms. The van der Waals surface area contributed by atoms with E-state index < -0.39 is 5.82 Å². The zero-order valence-electron chi connectivity index (χ0n) is 14.4. The number of nitrogens with zero attached hydrogens (tertiary/aromatic N) is 1. The molecular formula is C20H18FN3OS. The topological polar surface area (TPSA) is 44.4 Å². The van der Waals surface area contributed by atoms with Gasteiger partial charge in [0.25, 0.3) is 5.91 Å². The minimum absolute atomic E-state index is 0.150. The number of amides is 1. The lowest BCUT2D eigenvalue weighted by molar-refractivity contribution is 0.103. The third-order valence-corrected chi connectivity index (χ3v) is 5.52. The number of allylic oxidation sites excluding steroid dienone is 2. The molecule has 1 amide bonds. The van der Waals surface area contributed by atoms with Crippen molar-refractivity contribution in [2.45, 2.75) is 13.0 Å². The van der Waals surface area contributed by atoms with Crippen molar-refractivity contribution in [1.82, 2.24) is 10.4 Å². The molecule has 0 fully saturated rings. The van der Waals surface area contributed by atoms with Gasteiger partial charge in [0.1, 0.15) is 5.82 Å². The molecule has 6 heteroatoms. The van der Waals surface area contributed by atoms with Gasteiger partial charge in [-0.05, 0) is 47.9 Å². The Bertz CT molecular complexity index is 973. The molecule has 1 unspecified atom stereocenters. The fraction of sp³-hybridized carbons (Fsp3) is 0.150. The summed E-state index contributed by atoms with van der Waals surface area (Å²) in [7, 11) is 1.97. The van der Waals surface area contributed by atoms with Crippen LogP contribution in [0.25, 0.3) is 5.57 Å². The van der Waals surface area contributed by atoms with Crippen LogP contribution >= 0.6 is 11.3 Å². The summed E-state index contributed by atoms with van der Waals surface area (Å²) in [5.74, 6) is -0.745. The molecule has 0 radical (unpaired) electrons. The lowest BCUT2D eigenvalue weighted by Crippen LogP contribution is -2.32. The number of nitrogens with one attached hydrogen (secondary N) is 2. The number of hydrogen-bond donors (Lipinski definition) is 2. The average molecular weight is 367 g/mol. The third-order valence-electron chi connectivity index (χ3n) is 4.40. The molecule has 2 aliphatic rings. The van der Waals surface area contributed by atoms with Crippen LogP contribution in [-0.4, -0.2) is 24.0 Å². The van der Waals surface area contributed by atoms with E-state index in [0.717, 1.165) is 16.0 Å². The number of halogens is 1. The zero-order valence-corrected chi connectivity index (χ0v) is 15.2. The van der Waals surface area contributed by atoms with E-state index in [1.165, 1.54) is 23.0 Å². The number of benzene rings is 1. The first-order valence-electron chi connectivity index (χ1n) is 8.28. The van der Waals surface area contributed by atoms with Crippen molar-refractivity contribution in [3.63, 3.8) is 0 Å². The molecule has 2 aromatic rings. The van der Waals surface area contributed by atoms with E-state index in [0.29, 0.717) is 4.88 Å². The first-order chi connectivity index (χ1) is 12.5. The number of rotatable bonds is 3. The molecule has 1 aromatic carbocycles. The zero-order chi connectivity index (χ0) is 18.3. The highest BCUT2D eigenvalue weighted by molar-refractivity contribution is 7.15. The second-order valence-electron chi connectivity index (χ2n) is 6.35. The molecule has 4 rings (SSSR count). The van der Waals surface area contributed by atoms with Gasteiger partial charge in [-0.15, -0.1) is 11.3 Å². The molecule has 1 aliphatic carbocycles. The van der Waals surface area contributed by atoms with E-state index in [1.54, 1.807) is 24.3 Å². The second-order valence-corrected chi connectivity index (χ2v) is 7.44. The average Bonchev–Trinajstić information content (AvgIpc) is 3.22. The largest absolute Gasteiger partial charge is 0.319 e. The van der Waals surface area contributed by atoms with Crippen molar-refractivity contribution < 1.29 is 9.18 Å². The van der Waals surface area contributed by atoms with Gasteiger partial charge in [0.15, 0.2) is 0 Å². The van der Waals surface area contributed by atoms with E-state index in [-0.39, 0.29) is 17.6 Å². The van der Waals surface area contributed by atoms with Crippen molar-refractivity contribution in [2.24, 2.45) is 0 Å². The molecule has 1 atom stereocenters. The second kappa shape index (κ2) is 6.55. The van der Waals surface area contributed by atoms with E-state index in [9.17, 15) is 9.18 Å². The molecular weight excluding hydrogens is 349 g/mol. The van der Waals surface area contributed by atoms with Gasteiger partial charge in [0, 0.05) is 18.1 Å². The normalized spacial score (nSPS) is 18.8. The molecule has 2 N–H and O–H groups in total. The highest BCUT2D eigenvalue weighted by atomic mass is 32.1. The summed E-state index contributed by atoms with van der Waals surface area (Å²) in [4.78, 5) is 14.0. The maximum Gasteiger partial charge on any atom is 0.265 e. The van der Waals surface area contributed by atoms with Crippen molar-refractivity contribution in [2.75, 3.05) is 12.4 Å². The Kier molecular flexibility index (Phi) is 4.22. The highest BCUT2D eigenvalue weighted by Gasteiger charge is 2.25. The molecule has 0 saturated heterocycles. The Morgan fingerprint density at radius 1 is 1.27 bits per heavy atom. The van der Waals surface area contributed by atoms with Crippen molar-refractivity contribution in [3.8, 4) is 0 Å². The minimum atomic E-state index is -0.442. The van der Waals surface area contributed by atoms with Crippen LogP contribution in [0.2, 0.25) is 0 Å². The molecule has 1 aliphatic heterocycles. The van der Waals surface area contributed by atoms with Gasteiger partial charge in [-0.25, -0.2) is 9.82 Å². The molecule has 2 heterocycles. The standard InChI is InChI=1S/C20H18FN3OS/c1-12-9-13-11-24(2)23-17(13)10-14(12)18-7-8-19(26-18)20(25)22-16-6-4-3-5-15(16)21/h3-11,17,23H,1-2H3,(H,22,25). The first-order valence-corrected chi connectivity index (χ1v) is 9.10. The summed E-state index contributed by atoms with van der Waals surface area (Å²) < 4.78 is 13.7. The van der Waals surface area contributed by atoms with Crippen molar-refractivity contribution in [1.29, 1.82) is 0 Å². The quantitative estimate of drug-likeness (QED) is 0.855. The maximum absolute atomic E-state index is 13.7. The van der Waals surface area contributed by atoms with Gasteiger partial charge < -0.3 is 10.3 Å². The summed E-state index contributed by atoms with van der Waals surface area (Å²) >= 11 is 1.41. The van der Waals surface area contributed by atoms with Gasteiger partial charge in [-0.1, -0.05) is 24.3 Å². The van der Waals surface area contributed by atoms with Crippen LogP contribution < -0.4 is 10.7 Å². The van der Waals surface area contributed by atoms with Crippen LogP contribution in [0.3, 0.4) is 0 Å². The van der Waals surface area contributed by atoms with Crippen molar-refractivity contribution in [3.05, 3.63) is 81.5 Å². The Balaban J connectivity index is 1.56. The number of hydrazine groups is 1. The van der Waals surface area contributed by atoms with Gasteiger partial charge in [0.2, 0.25) is 0 Å². The number of hydrogen-bond acceptors (Lipinski definition) is 4. The fourth-order valence-electron chi connectivity index (χ4n) is 3.15. The maximum atomic E-state index is 13.7. The monoisotopic (exact) mass is 367 g/mol. The van der Waals surface area contributed by atoms with E-state index in [4.69, 9.17) is 0 Å². The number of carbonyl (C=O) groups is 1. The van der Waals surface area contributed by atoms with Gasteiger partial charge in [0.05, 0.1) is 16.6 Å². The van der Waals surface area contributed by atoms with Crippen LogP contribution in [-0.2, 0) is 0 Å². The number of carbonyl (C=O) groups excluding carboxylic acids is 1. The SMILES string of the molecule is CC1=CC2=CN(C)NC2C=C1c1ccc(C(=O)Nc2ccccc2F)s1. The van der Waals surface area contributed by atoms with Crippen LogP contribution in [0.1, 0.15) is 21.5 Å². The Hall–Kier alpha value is -2.70. The van der Waals surface area contributed by atoms with Crippen LogP contribution in [0, 0.1) is 5.82 Å². The summed E-state index contributed by atoms with van der Waals surface area (Å²) in [6.07, 6.45) is 6.41. The van der Waals surface area contributed by atoms with E-state index >= 15 is 0 Å². The molecule has 1 aromatic heterocycles. The predicted molar refractivity (Wildman–Crippen MR) is 103 cm³/mol. The van der Waals surface area contributed by atoms with Gasteiger partial charge in [-0.3, -0.25) is 4.79 Å². The summed E-state index contributed by atoms with van der Waals surface area (Å²) in [6, 6.07) is 10.0. The first kappa shape index (κ1) is 16.8. The van der Waals surface area contributed by atoms with E-state index in [1.807, 2.05) is 18.1 Å². The summed E-state index contributed by atoms with van der Waals surface area (Å²) in [6.45, 7) is 2.07. The molecule has 132 valence electrons. The van der Waals surface area contributed by atoms with Gasteiger partial charge in [-0.2, -0.15) is 0 Å². The summed E-state index contributed by atoms with van der Waals surface area (Å²) in [5, 5.41) is 4.58. The predicted octanol–water partition coefficient (Wildman–Crippen LogP) is 4.19. The fourth-order valence-corrected chi connectivity index (χ4v) is 4.14. The Morgan fingerprint density at radius 3 is 2.88 bits per heavy atom. The summed E-state index contributed by atoms with van der Waals surface area (Å²) in [5.41, 5.74) is 7.04. The number of anilines is 1. The Morgan fingerprint density at radius 2 is 2.08 bits per heavy atom. The number of fused-ring (bicyclic) bond motifs is 1. The van der Waals surface area contributed by atoms with Crippen molar-refractivity contribution >= 4 is 28.5 Å². The number of thiophene rings is 1. The highest BCUT2D eigenvalue weighted by Crippen LogP contribution is 2.35. The van der Waals surface area contributed by atoms with Crippen LogP contribution in [0.15, 0.2) is 65.9 Å². The lowest BCUT2D eigenvalue weighted by Gasteiger charge is -2.19. The molecule has 0 saturated carbocycles. The van der Waals surface area contributed by atoms with Gasteiger partial charge >= 0.3 is 0 Å². The number of para-hydroxylation sites is 1. The smallest absolute Gasteiger partial charge is 0.265 e. The lowest BCUT2D eigenvalue weighted by atomic mass is 9.92. The Labute approximate surface area is 155 Å². The van der Waals surface area contributed by atoms with E-state index in [2.05, 4.69) is 36.0 Å². The molecule has 4 nitrogen and oxygen atoms in total. The van der Waals surface area contributed by atoms with Crippen LogP contribution in [0.4, 0.5) is 10.1 Å². The van der Waals surface area contributed by atoms with Crippen LogP contribution in [0.5, 0.6) is 0 Å². The minimum Gasteiger partial charge on any atom is -0.319 e.